The molecule has 0 aromatic rings. The van der Waals surface area contributed by atoms with E-state index < -0.39 is 12.1 Å². The molecule has 0 aliphatic carbocycles. The minimum atomic E-state index is -0.863. The van der Waals surface area contributed by atoms with E-state index in [4.69, 9.17) is 14.2 Å². The van der Waals surface area contributed by atoms with Gasteiger partial charge in [-0.15, -0.1) is 0 Å². The van der Waals surface area contributed by atoms with Crippen LogP contribution >= 0.6 is 0 Å². The lowest BCUT2D eigenvalue weighted by atomic mass is 10.1. The van der Waals surface area contributed by atoms with Crippen LogP contribution in [0.4, 0.5) is 0 Å². The molecule has 0 aliphatic rings. The van der Waals surface area contributed by atoms with E-state index in [1.54, 1.807) is 0 Å². The molecule has 0 saturated carbocycles. The summed E-state index contributed by atoms with van der Waals surface area (Å²) < 4.78 is 16.6. The van der Waals surface area contributed by atoms with Gasteiger partial charge in [0.2, 0.25) is 0 Å². The summed E-state index contributed by atoms with van der Waals surface area (Å²) in [7, 11) is 0. The fourth-order valence-corrected chi connectivity index (χ4v) is 6.11. The predicted molar refractivity (Wildman–Crippen MR) is 283 cm³/mol. The van der Waals surface area contributed by atoms with E-state index in [1.807, 2.05) is 60.8 Å². The third-order valence-electron chi connectivity index (χ3n) is 9.89. The summed E-state index contributed by atoms with van der Waals surface area (Å²) in [6.07, 6.45) is 76.7. The van der Waals surface area contributed by atoms with Gasteiger partial charge < -0.3 is 14.2 Å². The first kappa shape index (κ1) is 61.0. The lowest BCUT2D eigenvalue weighted by Crippen LogP contribution is -2.30. The van der Waals surface area contributed by atoms with E-state index in [9.17, 15) is 14.4 Å². The first-order valence-electron chi connectivity index (χ1n) is 25.6. The predicted octanol–water partition coefficient (Wildman–Crippen LogP) is 17.0. The average Bonchev–Trinajstić information content (AvgIpc) is 3.31. The maximum Gasteiger partial charge on any atom is 0.306 e. The molecule has 0 radical (unpaired) electrons. The van der Waals surface area contributed by atoms with Crippen molar-refractivity contribution in [2.75, 3.05) is 13.2 Å². The Hall–Kier alpha value is -4.97. The molecule has 66 heavy (non-hydrogen) atoms. The molecule has 0 heterocycles. The molecule has 0 amide bonds. The van der Waals surface area contributed by atoms with Crippen molar-refractivity contribution in [2.45, 2.75) is 187 Å². The number of carbonyl (C=O) groups excluding carboxylic acids is 3. The molecule has 0 aliphatic heterocycles. The van der Waals surface area contributed by atoms with Gasteiger partial charge in [-0.2, -0.15) is 0 Å². The number of carbonyl (C=O) groups is 3. The molecule has 0 rings (SSSR count). The summed E-state index contributed by atoms with van der Waals surface area (Å²) in [6, 6.07) is 0. The van der Waals surface area contributed by atoms with Crippen molar-refractivity contribution in [3.8, 4) is 0 Å². The van der Waals surface area contributed by atoms with E-state index in [0.717, 1.165) is 77.0 Å². The Kier molecular flexibility index (Phi) is 48.7. The van der Waals surface area contributed by atoms with Crippen LogP contribution in [0, 0.1) is 0 Å². The van der Waals surface area contributed by atoms with Gasteiger partial charge in [0.15, 0.2) is 6.10 Å². The van der Waals surface area contributed by atoms with Crippen molar-refractivity contribution in [3.63, 3.8) is 0 Å². The maximum absolute atomic E-state index is 12.8. The number of hydrogen-bond donors (Lipinski definition) is 0. The van der Waals surface area contributed by atoms with Crippen molar-refractivity contribution in [2.24, 2.45) is 0 Å². The molecule has 0 bridgehead atoms. The van der Waals surface area contributed by atoms with Crippen LogP contribution in [0.1, 0.15) is 181 Å². The molecule has 0 fully saturated rings. The molecule has 0 aromatic heterocycles. The normalized spacial score (nSPS) is 13.4. The smallest absolute Gasteiger partial charge is 0.306 e. The molecule has 1 unspecified atom stereocenters. The largest absolute Gasteiger partial charge is 0.462 e. The molecule has 1 atom stereocenters. The van der Waals surface area contributed by atoms with Gasteiger partial charge in [-0.3, -0.25) is 14.4 Å². The van der Waals surface area contributed by atoms with Gasteiger partial charge in [0.05, 0.1) is 0 Å². The molecule has 0 spiro atoms. The van der Waals surface area contributed by atoms with Crippen LogP contribution in [0.5, 0.6) is 0 Å². The zero-order valence-corrected chi connectivity index (χ0v) is 41.6. The molecule has 0 N–H and O–H groups in total. The topological polar surface area (TPSA) is 78.9 Å². The van der Waals surface area contributed by atoms with Crippen LogP contribution in [0.3, 0.4) is 0 Å². The van der Waals surface area contributed by atoms with Gasteiger partial charge in [-0.1, -0.05) is 217 Å². The van der Waals surface area contributed by atoms with Crippen LogP contribution in [0.2, 0.25) is 0 Å². The summed E-state index contributed by atoms with van der Waals surface area (Å²) in [6.45, 7) is 6.20. The van der Waals surface area contributed by atoms with E-state index >= 15 is 0 Å². The summed E-state index contributed by atoms with van der Waals surface area (Å²) in [5.74, 6) is -1.14. The molecule has 366 valence electrons. The highest BCUT2D eigenvalue weighted by atomic mass is 16.6. The van der Waals surface area contributed by atoms with Gasteiger partial charge >= 0.3 is 17.9 Å². The Bertz CT molecular complexity index is 1560. The van der Waals surface area contributed by atoms with E-state index in [-0.39, 0.29) is 44.4 Å². The van der Waals surface area contributed by atoms with Crippen molar-refractivity contribution >= 4 is 17.9 Å². The van der Waals surface area contributed by atoms with E-state index in [2.05, 4.69) is 118 Å². The first-order valence-corrected chi connectivity index (χ1v) is 25.6. The number of esters is 3. The summed E-state index contributed by atoms with van der Waals surface area (Å²) in [5, 5.41) is 0. The number of rotatable bonds is 43. The number of hydrogen-bond acceptors (Lipinski definition) is 6. The fraction of sp³-hybridized carbons (Fsp3) is 0.517. The van der Waals surface area contributed by atoms with Crippen LogP contribution in [0.15, 0.2) is 158 Å². The second kappa shape index (κ2) is 52.7. The molecular weight excluding hydrogens is 817 g/mol. The van der Waals surface area contributed by atoms with Crippen LogP contribution < -0.4 is 0 Å². The van der Waals surface area contributed by atoms with Gasteiger partial charge in [-0.25, -0.2) is 0 Å². The summed E-state index contributed by atoms with van der Waals surface area (Å²) >= 11 is 0. The molecular formula is C60H90O6. The maximum atomic E-state index is 12.8. The lowest BCUT2D eigenvalue weighted by molar-refractivity contribution is -0.166. The number of unbranched alkanes of at least 4 members (excludes halogenated alkanes) is 10. The Morgan fingerprint density at radius 1 is 0.333 bits per heavy atom. The van der Waals surface area contributed by atoms with Crippen molar-refractivity contribution in [1.29, 1.82) is 0 Å². The van der Waals surface area contributed by atoms with Gasteiger partial charge in [0.25, 0.3) is 0 Å². The Labute approximate surface area is 403 Å². The first-order chi connectivity index (χ1) is 32.5. The standard InChI is InChI=1S/C60H90O6/c1-4-7-10-13-16-19-22-25-28-30-33-35-38-41-44-47-50-53-59(62)65-56-57(55-64-58(61)52-49-46-43-40-37-34-31-27-24-21-18-15-12-9-6-3)66-60(63)54-51-48-45-42-39-36-32-29-26-23-20-17-14-11-8-5-2/h8-9,11-12,15,17-18,20-21,24-29,31,33-37,39,41,44-45,48,57H,4-7,10,13-14,16,19,22-23,30,32,38,40,42-43,46-47,49-56H2,1-3H3/b11-8-,12-9-,18-15-,20-17-,24-21-,28-25-,29-26-,31-27-,35-33-,37-34-,39-36-,44-41-,48-45-. The zero-order valence-electron chi connectivity index (χ0n) is 41.6. The number of allylic oxidation sites excluding steroid dienone is 26. The Balaban J connectivity index is 4.69. The molecule has 0 saturated heterocycles. The van der Waals surface area contributed by atoms with Crippen molar-refractivity contribution < 1.29 is 28.6 Å². The quantitative estimate of drug-likeness (QED) is 0.0199. The van der Waals surface area contributed by atoms with E-state index in [1.165, 1.54) is 44.9 Å². The lowest BCUT2D eigenvalue weighted by Gasteiger charge is -2.18. The second-order valence-corrected chi connectivity index (χ2v) is 16.1. The van der Waals surface area contributed by atoms with Crippen LogP contribution in [-0.2, 0) is 28.6 Å². The van der Waals surface area contributed by atoms with Gasteiger partial charge in [0, 0.05) is 19.3 Å². The van der Waals surface area contributed by atoms with E-state index in [0.29, 0.717) is 19.3 Å². The van der Waals surface area contributed by atoms with Crippen LogP contribution in [-0.4, -0.2) is 37.2 Å². The average molecular weight is 907 g/mol. The van der Waals surface area contributed by atoms with Crippen molar-refractivity contribution in [3.05, 3.63) is 158 Å². The highest BCUT2D eigenvalue weighted by molar-refractivity contribution is 5.71. The minimum absolute atomic E-state index is 0.153. The third-order valence-corrected chi connectivity index (χ3v) is 9.89. The highest BCUT2D eigenvalue weighted by Crippen LogP contribution is 2.10. The second-order valence-electron chi connectivity index (χ2n) is 16.1. The number of ether oxygens (including phenoxy) is 3. The summed E-state index contributed by atoms with van der Waals surface area (Å²) in [5.41, 5.74) is 0. The van der Waals surface area contributed by atoms with Crippen molar-refractivity contribution in [1.82, 2.24) is 0 Å². The Morgan fingerprint density at radius 3 is 1.23 bits per heavy atom. The van der Waals surface area contributed by atoms with Crippen LogP contribution in [0.25, 0.3) is 0 Å². The third kappa shape index (κ3) is 50.0. The molecule has 6 heteroatoms. The minimum Gasteiger partial charge on any atom is -0.462 e. The fourth-order valence-electron chi connectivity index (χ4n) is 6.11. The van der Waals surface area contributed by atoms with Gasteiger partial charge in [-0.05, 0) is 103 Å². The van der Waals surface area contributed by atoms with Gasteiger partial charge in [0.1, 0.15) is 13.2 Å². The molecule has 6 nitrogen and oxygen atoms in total. The SMILES string of the molecule is CC\C=C/C=C\C=C/C=C\C=C/CCCCCC(=O)OCC(COC(=O)CCC/C=C\C/C=C\C/C=C\CCCCCCCC)OC(=O)CC/C=C\C/C=C\C/C=C\C/C=C\C/C=C\CC. The highest BCUT2D eigenvalue weighted by Gasteiger charge is 2.19. The Morgan fingerprint density at radius 2 is 0.712 bits per heavy atom. The zero-order chi connectivity index (χ0) is 47.9. The monoisotopic (exact) mass is 907 g/mol. The molecule has 0 aromatic carbocycles. The summed E-state index contributed by atoms with van der Waals surface area (Å²) in [4.78, 5) is 37.9.